The lowest BCUT2D eigenvalue weighted by Gasteiger charge is -2.23. The van der Waals surface area contributed by atoms with E-state index in [1.807, 2.05) is 0 Å². The number of aliphatic hydroxyl groups excluding tert-OH is 1. The van der Waals surface area contributed by atoms with Gasteiger partial charge in [0.25, 0.3) is 0 Å². The number of hydrogen-bond donors (Lipinski definition) is 3. The van der Waals surface area contributed by atoms with E-state index in [9.17, 15) is 0 Å². The zero-order valence-corrected chi connectivity index (χ0v) is 7.12. The van der Waals surface area contributed by atoms with E-state index in [1.165, 1.54) is 0 Å². The van der Waals surface area contributed by atoms with Gasteiger partial charge in [0.05, 0.1) is 0 Å². The summed E-state index contributed by atoms with van der Waals surface area (Å²) >= 11 is 0. The molecule has 0 saturated carbocycles. The molecule has 4 N–H and O–H groups in total. The maximum absolute atomic E-state index is 8.86. The minimum absolute atomic E-state index is 0.275. The maximum Gasteiger partial charge on any atom is 0.107 e. The standard InChI is InChI=1S/C8H16N2O2/c9-7(5-8(10)11)6-1-3-12-4-2-6/h6,8-9,11H,1-5,10H2. The first kappa shape index (κ1) is 9.64. The number of rotatable bonds is 3. The van der Waals surface area contributed by atoms with Crippen LogP contribution >= 0.6 is 0 Å². The average molecular weight is 172 g/mol. The lowest BCUT2D eigenvalue weighted by molar-refractivity contribution is 0.0811. The second kappa shape index (κ2) is 4.54. The largest absolute Gasteiger partial charge is 0.381 e. The molecule has 0 aliphatic carbocycles. The van der Waals surface area contributed by atoms with Crippen molar-refractivity contribution in [3.05, 3.63) is 0 Å². The third kappa shape index (κ3) is 2.89. The van der Waals surface area contributed by atoms with Gasteiger partial charge in [0.15, 0.2) is 0 Å². The lowest BCUT2D eigenvalue weighted by Crippen LogP contribution is -2.29. The Hall–Kier alpha value is -0.450. The molecule has 0 aromatic carbocycles. The number of hydrogen-bond acceptors (Lipinski definition) is 4. The van der Waals surface area contributed by atoms with E-state index < -0.39 is 6.23 Å². The van der Waals surface area contributed by atoms with Crippen LogP contribution in [-0.2, 0) is 4.74 Å². The first-order chi connectivity index (χ1) is 5.70. The number of ether oxygens (including phenoxy) is 1. The summed E-state index contributed by atoms with van der Waals surface area (Å²) in [5.74, 6) is 0.275. The fourth-order valence-electron chi connectivity index (χ4n) is 1.44. The summed E-state index contributed by atoms with van der Waals surface area (Å²) in [7, 11) is 0. The zero-order valence-electron chi connectivity index (χ0n) is 7.12. The van der Waals surface area contributed by atoms with Gasteiger partial charge in [-0.1, -0.05) is 0 Å². The highest BCUT2D eigenvalue weighted by molar-refractivity contribution is 5.84. The third-order valence-electron chi connectivity index (χ3n) is 2.14. The van der Waals surface area contributed by atoms with Crippen LogP contribution in [0.1, 0.15) is 19.3 Å². The Balaban J connectivity index is 2.30. The van der Waals surface area contributed by atoms with E-state index >= 15 is 0 Å². The molecule has 1 fully saturated rings. The Bertz CT molecular complexity index is 153. The summed E-state index contributed by atoms with van der Waals surface area (Å²) in [4.78, 5) is 0. The molecule has 0 radical (unpaired) electrons. The molecule has 1 aliphatic rings. The van der Waals surface area contributed by atoms with Gasteiger partial charge in [-0.25, -0.2) is 0 Å². The Morgan fingerprint density at radius 3 is 2.67 bits per heavy atom. The van der Waals surface area contributed by atoms with Gasteiger partial charge in [-0.3, -0.25) is 0 Å². The summed E-state index contributed by atoms with van der Waals surface area (Å²) in [5.41, 5.74) is 5.75. The van der Waals surface area contributed by atoms with E-state index in [-0.39, 0.29) is 5.92 Å². The van der Waals surface area contributed by atoms with Crippen molar-refractivity contribution in [3.8, 4) is 0 Å². The Labute approximate surface area is 72.2 Å². The van der Waals surface area contributed by atoms with Crippen LogP contribution in [-0.4, -0.2) is 30.3 Å². The van der Waals surface area contributed by atoms with Crippen molar-refractivity contribution in [1.29, 1.82) is 5.41 Å². The molecule has 70 valence electrons. The fraction of sp³-hybridized carbons (Fsp3) is 0.875. The molecule has 12 heavy (non-hydrogen) atoms. The summed E-state index contributed by atoms with van der Waals surface area (Å²) in [6, 6.07) is 0. The van der Waals surface area contributed by atoms with Gasteiger partial charge in [0, 0.05) is 31.3 Å². The first-order valence-electron chi connectivity index (χ1n) is 4.29. The normalized spacial score (nSPS) is 22.2. The summed E-state index contributed by atoms with van der Waals surface area (Å²) < 4.78 is 5.16. The molecule has 1 saturated heterocycles. The van der Waals surface area contributed by atoms with Crippen molar-refractivity contribution >= 4 is 5.71 Å². The summed E-state index contributed by atoms with van der Waals surface area (Å²) in [6.07, 6.45) is 1.21. The van der Waals surface area contributed by atoms with Crippen LogP contribution in [0.5, 0.6) is 0 Å². The summed E-state index contributed by atoms with van der Waals surface area (Å²) in [6.45, 7) is 1.46. The van der Waals surface area contributed by atoms with E-state index in [2.05, 4.69) is 0 Å². The molecule has 0 spiro atoms. The second-order valence-electron chi connectivity index (χ2n) is 3.18. The fourth-order valence-corrected chi connectivity index (χ4v) is 1.44. The lowest BCUT2D eigenvalue weighted by atomic mass is 9.92. The Morgan fingerprint density at radius 1 is 1.58 bits per heavy atom. The highest BCUT2D eigenvalue weighted by Crippen LogP contribution is 2.17. The molecule has 0 amide bonds. The van der Waals surface area contributed by atoms with Crippen molar-refractivity contribution in [1.82, 2.24) is 0 Å². The highest BCUT2D eigenvalue weighted by atomic mass is 16.5. The molecular weight excluding hydrogens is 156 g/mol. The Kier molecular flexibility index (Phi) is 3.65. The molecule has 1 atom stereocenters. The maximum atomic E-state index is 8.86. The van der Waals surface area contributed by atoms with Crippen molar-refractivity contribution in [2.75, 3.05) is 13.2 Å². The number of aliphatic hydroxyl groups is 1. The van der Waals surface area contributed by atoms with Crippen LogP contribution < -0.4 is 5.73 Å². The van der Waals surface area contributed by atoms with E-state index in [4.69, 9.17) is 21.0 Å². The van der Waals surface area contributed by atoms with Gasteiger partial charge in [-0.05, 0) is 12.8 Å². The molecule has 4 heteroatoms. The molecule has 1 rings (SSSR count). The zero-order chi connectivity index (χ0) is 8.97. The van der Waals surface area contributed by atoms with Gasteiger partial charge in [0.2, 0.25) is 0 Å². The monoisotopic (exact) mass is 172 g/mol. The van der Waals surface area contributed by atoms with Crippen LogP contribution in [0.25, 0.3) is 0 Å². The summed E-state index contributed by atoms with van der Waals surface area (Å²) in [5, 5.41) is 16.5. The topological polar surface area (TPSA) is 79.3 Å². The van der Waals surface area contributed by atoms with Crippen molar-refractivity contribution < 1.29 is 9.84 Å². The van der Waals surface area contributed by atoms with Crippen molar-refractivity contribution in [2.24, 2.45) is 11.7 Å². The second-order valence-corrected chi connectivity index (χ2v) is 3.18. The highest BCUT2D eigenvalue weighted by Gasteiger charge is 2.19. The van der Waals surface area contributed by atoms with E-state index in [1.54, 1.807) is 0 Å². The van der Waals surface area contributed by atoms with Gasteiger partial charge < -0.3 is 21.0 Å². The molecule has 4 nitrogen and oxygen atoms in total. The number of nitrogens with two attached hydrogens (primary N) is 1. The molecule has 1 aliphatic heterocycles. The number of nitrogens with one attached hydrogen (secondary N) is 1. The van der Waals surface area contributed by atoms with Gasteiger partial charge >= 0.3 is 0 Å². The van der Waals surface area contributed by atoms with Gasteiger partial charge in [-0.15, -0.1) is 0 Å². The molecule has 0 aromatic rings. The van der Waals surface area contributed by atoms with E-state index in [0.29, 0.717) is 12.1 Å². The average Bonchev–Trinajstić information content (AvgIpc) is 2.05. The molecule has 0 aromatic heterocycles. The molecular formula is C8H16N2O2. The predicted molar refractivity (Wildman–Crippen MR) is 46.1 cm³/mol. The smallest absolute Gasteiger partial charge is 0.107 e. The van der Waals surface area contributed by atoms with Crippen molar-refractivity contribution in [2.45, 2.75) is 25.5 Å². The molecule has 1 unspecified atom stereocenters. The van der Waals surface area contributed by atoms with Crippen LogP contribution in [0, 0.1) is 11.3 Å². The minimum Gasteiger partial charge on any atom is -0.381 e. The third-order valence-corrected chi connectivity index (χ3v) is 2.14. The molecule has 0 bridgehead atoms. The van der Waals surface area contributed by atoms with Crippen LogP contribution in [0.2, 0.25) is 0 Å². The van der Waals surface area contributed by atoms with Crippen LogP contribution in [0.3, 0.4) is 0 Å². The van der Waals surface area contributed by atoms with Crippen LogP contribution in [0.15, 0.2) is 0 Å². The van der Waals surface area contributed by atoms with Crippen LogP contribution in [0.4, 0.5) is 0 Å². The quantitative estimate of drug-likeness (QED) is 0.417. The van der Waals surface area contributed by atoms with Gasteiger partial charge in [0.1, 0.15) is 6.23 Å². The minimum atomic E-state index is -0.875. The van der Waals surface area contributed by atoms with Gasteiger partial charge in [-0.2, -0.15) is 0 Å². The predicted octanol–water partition coefficient (Wildman–Crippen LogP) is 0.1000. The van der Waals surface area contributed by atoms with E-state index in [0.717, 1.165) is 26.1 Å². The van der Waals surface area contributed by atoms with Crippen molar-refractivity contribution in [3.63, 3.8) is 0 Å². The Morgan fingerprint density at radius 2 is 2.17 bits per heavy atom. The SMILES string of the molecule is N=C(CC(N)O)C1CCOCC1. The molecule has 1 heterocycles. The first-order valence-corrected chi connectivity index (χ1v) is 4.29.